The van der Waals surface area contributed by atoms with Gasteiger partial charge in [-0.3, -0.25) is 19.4 Å². The van der Waals surface area contributed by atoms with E-state index in [2.05, 4.69) is 41.6 Å². The molecule has 0 bridgehead atoms. The molecule has 256 valence electrons. The summed E-state index contributed by atoms with van der Waals surface area (Å²) in [5.74, 6) is -1.21. The minimum atomic E-state index is -1.14. The quantitative estimate of drug-likeness (QED) is 0.242. The largest absolute Gasteiger partial charge is 0.493 e. The smallest absolute Gasteiger partial charge is 0.312 e. The number of methoxy groups -OCH3 is 1. The number of aromatic nitrogens is 3. The van der Waals surface area contributed by atoms with Gasteiger partial charge in [0.1, 0.15) is 12.2 Å². The molecule has 6 rings (SSSR count). The molecule has 0 radical (unpaired) electrons. The van der Waals surface area contributed by atoms with E-state index in [1.54, 1.807) is 4.90 Å². The second kappa shape index (κ2) is 14.1. The molecule has 5 heterocycles. The van der Waals surface area contributed by atoms with Gasteiger partial charge < -0.3 is 29.1 Å². The molecule has 1 aromatic carbocycles. The van der Waals surface area contributed by atoms with Gasteiger partial charge in [0.2, 0.25) is 5.91 Å². The monoisotopic (exact) mass is 668 g/mol. The molecule has 2 amide bonds. The number of carboxylic acids is 1. The average molecular weight is 669 g/mol. The van der Waals surface area contributed by atoms with Crippen LogP contribution in [0.1, 0.15) is 54.1 Å². The predicted molar refractivity (Wildman–Crippen MR) is 185 cm³/mol. The molecule has 0 aliphatic carbocycles. The first-order valence-electron chi connectivity index (χ1n) is 16.7. The van der Waals surface area contributed by atoms with Crippen molar-refractivity contribution in [2.75, 3.05) is 51.3 Å². The van der Waals surface area contributed by atoms with E-state index in [-0.39, 0.29) is 5.91 Å². The van der Waals surface area contributed by atoms with Gasteiger partial charge in [0.25, 0.3) is 5.91 Å². The summed E-state index contributed by atoms with van der Waals surface area (Å²) in [5.41, 5.74) is 7.14. The number of ether oxygens (including phenoxy) is 1. The number of fused-ring (bicyclic) bond motifs is 1. The van der Waals surface area contributed by atoms with Crippen molar-refractivity contribution in [1.82, 2.24) is 24.3 Å². The van der Waals surface area contributed by atoms with Crippen LogP contribution in [0.15, 0.2) is 48.7 Å². The lowest BCUT2D eigenvalue weighted by Gasteiger charge is -2.36. The van der Waals surface area contributed by atoms with Crippen molar-refractivity contribution in [3.05, 3.63) is 77.1 Å². The number of benzene rings is 1. The fraction of sp³-hybridized carbons (Fsp3) is 0.378. The minimum absolute atomic E-state index is 0.0897. The SMILES string of the molecule is CCc1nc(C)ccc1-c1cc(C(=O)N2CCN(c3ncc(F)cc3OC)CC2)cc2cc(C3=CCCN(C(=O)CC(=O)O)C3)n(CC)c12. The van der Waals surface area contributed by atoms with E-state index in [0.29, 0.717) is 75.8 Å². The number of carbonyl (C=O) groups excluding carboxylic acids is 2. The lowest BCUT2D eigenvalue weighted by molar-refractivity contribution is -0.144. The molecule has 0 spiro atoms. The van der Waals surface area contributed by atoms with Gasteiger partial charge in [-0.2, -0.15) is 0 Å². The Morgan fingerprint density at radius 2 is 1.76 bits per heavy atom. The third-order valence-electron chi connectivity index (χ3n) is 9.31. The molecule has 3 aromatic heterocycles. The third-order valence-corrected chi connectivity index (χ3v) is 9.31. The highest BCUT2D eigenvalue weighted by Gasteiger charge is 2.28. The average Bonchev–Trinajstić information content (AvgIpc) is 3.49. The number of nitrogens with zero attached hydrogens (tertiary/aromatic N) is 6. The number of pyridine rings is 2. The van der Waals surface area contributed by atoms with Crippen LogP contribution in [0.3, 0.4) is 0 Å². The van der Waals surface area contributed by atoms with Crippen LogP contribution in [0.2, 0.25) is 0 Å². The molecule has 2 aliphatic heterocycles. The molecule has 1 fully saturated rings. The van der Waals surface area contributed by atoms with Crippen LogP contribution in [0, 0.1) is 12.7 Å². The number of hydrogen-bond donors (Lipinski definition) is 1. The zero-order valence-electron chi connectivity index (χ0n) is 28.3. The number of rotatable bonds is 9. The lowest BCUT2D eigenvalue weighted by Crippen LogP contribution is -2.49. The summed E-state index contributed by atoms with van der Waals surface area (Å²) in [5, 5.41) is 10.1. The van der Waals surface area contributed by atoms with E-state index < -0.39 is 24.1 Å². The van der Waals surface area contributed by atoms with Crippen molar-refractivity contribution in [2.45, 2.75) is 46.6 Å². The molecule has 1 N–H and O–H groups in total. The van der Waals surface area contributed by atoms with Gasteiger partial charge in [-0.05, 0) is 56.5 Å². The highest BCUT2D eigenvalue weighted by Crippen LogP contribution is 2.38. The van der Waals surface area contributed by atoms with E-state index in [1.165, 1.54) is 19.4 Å². The molecule has 0 atom stereocenters. The number of amides is 2. The first-order valence-corrected chi connectivity index (χ1v) is 16.7. The molecule has 1 saturated heterocycles. The van der Waals surface area contributed by atoms with Crippen LogP contribution in [0.4, 0.5) is 10.2 Å². The molecular weight excluding hydrogens is 627 g/mol. The maximum absolute atomic E-state index is 14.2. The van der Waals surface area contributed by atoms with Crippen LogP contribution in [0.25, 0.3) is 27.6 Å². The fourth-order valence-corrected chi connectivity index (χ4v) is 6.95. The Hall–Kier alpha value is -5.26. The van der Waals surface area contributed by atoms with E-state index in [9.17, 15) is 23.9 Å². The van der Waals surface area contributed by atoms with Crippen molar-refractivity contribution in [2.24, 2.45) is 0 Å². The number of aryl methyl sites for hydroxylation is 3. The van der Waals surface area contributed by atoms with Crippen molar-refractivity contribution in [3.63, 3.8) is 0 Å². The van der Waals surface area contributed by atoms with Gasteiger partial charge in [-0.25, -0.2) is 9.37 Å². The molecule has 0 saturated carbocycles. The van der Waals surface area contributed by atoms with Crippen molar-refractivity contribution < 1.29 is 28.6 Å². The summed E-state index contributed by atoms with van der Waals surface area (Å²) in [6, 6.07) is 11.4. The number of aliphatic carboxylic acids is 1. The summed E-state index contributed by atoms with van der Waals surface area (Å²) >= 11 is 0. The second-order valence-corrected chi connectivity index (χ2v) is 12.4. The van der Waals surface area contributed by atoms with Crippen LogP contribution >= 0.6 is 0 Å². The highest BCUT2D eigenvalue weighted by atomic mass is 19.1. The third kappa shape index (κ3) is 6.72. The lowest BCUT2D eigenvalue weighted by atomic mass is 9.96. The maximum Gasteiger partial charge on any atom is 0.312 e. The van der Waals surface area contributed by atoms with Crippen LogP contribution in [0.5, 0.6) is 5.75 Å². The summed E-state index contributed by atoms with van der Waals surface area (Å²) in [4.78, 5) is 52.7. The van der Waals surface area contributed by atoms with Gasteiger partial charge >= 0.3 is 5.97 Å². The number of piperazine rings is 1. The summed E-state index contributed by atoms with van der Waals surface area (Å²) < 4.78 is 21.4. The molecular formula is C37H41FN6O5. The van der Waals surface area contributed by atoms with Crippen molar-refractivity contribution in [3.8, 4) is 16.9 Å². The number of carbonyl (C=O) groups is 3. The Balaban J connectivity index is 1.38. The standard InChI is InChI=1S/C37H41FN6O5/c1-5-30-28(10-9-23(3)40-30)29-17-26(37(48)42-14-12-41(13-15-42)36-32(49-4)19-27(38)21-39-36)16-25-18-31(44(6-2)35(25)29)24-8-7-11-43(22-24)33(45)20-34(46)47/h8-10,16-19,21H,5-7,11-15,20,22H2,1-4H3,(H,46,47). The second-order valence-electron chi connectivity index (χ2n) is 12.4. The highest BCUT2D eigenvalue weighted by molar-refractivity contribution is 6.05. The molecule has 2 aliphatic rings. The summed E-state index contributed by atoms with van der Waals surface area (Å²) in [7, 11) is 1.48. The number of carboxylic acid groups (broad SMARTS) is 1. The van der Waals surface area contributed by atoms with E-state index >= 15 is 0 Å². The van der Waals surface area contributed by atoms with E-state index in [4.69, 9.17) is 9.72 Å². The van der Waals surface area contributed by atoms with Gasteiger partial charge in [0.15, 0.2) is 11.6 Å². The van der Waals surface area contributed by atoms with E-state index in [0.717, 1.165) is 44.7 Å². The Kier molecular flexibility index (Phi) is 9.66. The van der Waals surface area contributed by atoms with Gasteiger partial charge in [0, 0.05) is 91.0 Å². The molecule has 49 heavy (non-hydrogen) atoms. The summed E-state index contributed by atoms with van der Waals surface area (Å²) in [6.45, 7) is 9.47. The van der Waals surface area contributed by atoms with Gasteiger partial charge in [-0.15, -0.1) is 0 Å². The number of hydrogen-bond acceptors (Lipinski definition) is 7. The van der Waals surface area contributed by atoms with Crippen LogP contribution in [-0.2, 0) is 22.6 Å². The first-order chi connectivity index (χ1) is 23.6. The maximum atomic E-state index is 14.2. The zero-order valence-corrected chi connectivity index (χ0v) is 28.3. The minimum Gasteiger partial charge on any atom is -0.493 e. The Bertz CT molecular complexity index is 1960. The normalized spacial score (nSPS) is 15.0. The van der Waals surface area contributed by atoms with Gasteiger partial charge in [0.05, 0.1) is 18.8 Å². The fourth-order valence-electron chi connectivity index (χ4n) is 6.95. The van der Waals surface area contributed by atoms with E-state index in [1.807, 2.05) is 34.9 Å². The van der Waals surface area contributed by atoms with Crippen LogP contribution < -0.4 is 9.64 Å². The molecule has 0 unspecified atom stereocenters. The zero-order chi connectivity index (χ0) is 34.8. The first kappa shape index (κ1) is 33.6. The van der Waals surface area contributed by atoms with Crippen molar-refractivity contribution >= 4 is 40.1 Å². The Labute approximate surface area is 284 Å². The van der Waals surface area contributed by atoms with Gasteiger partial charge in [-0.1, -0.05) is 19.1 Å². The topological polar surface area (TPSA) is 121 Å². The molecule has 12 heteroatoms. The Morgan fingerprint density at radius 3 is 2.45 bits per heavy atom. The Morgan fingerprint density at radius 1 is 0.980 bits per heavy atom. The molecule has 11 nitrogen and oxygen atoms in total. The number of halogens is 1. The number of anilines is 1. The van der Waals surface area contributed by atoms with Crippen LogP contribution in [-0.4, -0.2) is 93.6 Å². The van der Waals surface area contributed by atoms with Crippen molar-refractivity contribution in [1.29, 1.82) is 0 Å². The summed E-state index contributed by atoms with van der Waals surface area (Å²) in [6.07, 6.45) is 4.08. The molecule has 4 aromatic rings. The predicted octanol–water partition coefficient (Wildman–Crippen LogP) is 5.19.